The van der Waals surface area contributed by atoms with Gasteiger partial charge in [0.15, 0.2) is 0 Å². The lowest BCUT2D eigenvalue weighted by Gasteiger charge is -2.42. The molecule has 1 atom stereocenters. The minimum absolute atomic E-state index is 0.0409. The van der Waals surface area contributed by atoms with Gasteiger partial charge in [0.1, 0.15) is 11.4 Å². The maximum Gasteiger partial charge on any atom is 0.227 e. The average Bonchev–Trinajstić information content (AvgIpc) is 2.64. The van der Waals surface area contributed by atoms with Crippen LogP contribution >= 0.6 is 0 Å². The highest BCUT2D eigenvalue weighted by molar-refractivity contribution is 5.79. The van der Waals surface area contributed by atoms with Crippen molar-refractivity contribution in [3.05, 3.63) is 71.5 Å². The van der Waals surface area contributed by atoms with E-state index in [1.54, 1.807) is 17.0 Å². The number of rotatable bonds is 5. The highest BCUT2D eigenvalue weighted by Crippen LogP contribution is 2.23. The van der Waals surface area contributed by atoms with E-state index in [0.29, 0.717) is 26.1 Å². The molecule has 1 heterocycles. The van der Waals surface area contributed by atoms with Crippen molar-refractivity contribution in [3.8, 4) is 0 Å². The molecule has 3 rings (SSSR count). The molecule has 1 unspecified atom stereocenters. The van der Waals surface area contributed by atoms with E-state index in [9.17, 15) is 14.3 Å². The molecule has 1 fully saturated rings. The minimum atomic E-state index is -0.780. The van der Waals surface area contributed by atoms with Crippen molar-refractivity contribution in [3.63, 3.8) is 0 Å². The number of ether oxygens (including phenoxy) is 1. The Hall–Kier alpha value is -2.24. The van der Waals surface area contributed by atoms with Gasteiger partial charge in [-0.2, -0.15) is 0 Å². The molecule has 0 saturated carbocycles. The van der Waals surface area contributed by atoms with Crippen molar-refractivity contribution in [2.45, 2.75) is 18.4 Å². The van der Waals surface area contributed by atoms with Gasteiger partial charge in [0.2, 0.25) is 5.91 Å². The number of carbonyl (C=O) groups excluding carboxylic acids is 1. The first-order valence-electron chi connectivity index (χ1n) is 8.41. The van der Waals surface area contributed by atoms with E-state index in [2.05, 4.69) is 0 Å². The molecule has 2 aromatic rings. The Balaban J connectivity index is 1.68. The quantitative estimate of drug-likeness (QED) is 0.905. The molecule has 5 heteroatoms. The molecule has 1 N–H and O–H groups in total. The third-order valence-electron chi connectivity index (χ3n) is 4.53. The number of hydrogen-bond donors (Lipinski definition) is 1. The predicted molar refractivity (Wildman–Crippen MR) is 92.6 cm³/mol. The van der Waals surface area contributed by atoms with Crippen LogP contribution in [0.25, 0.3) is 0 Å². The van der Waals surface area contributed by atoms with Crippen LogP contribution in [0, 0.1) is 5.82 Å². The summed E-state index contributed by atoms with van der Waals surface area (Å²) >= 11 is 0. The summed E-state index contributed by atoms with van der Waals surface area (Å²) in [6.07, 6.45) is 0.762. The number of aliphatic hydroxyl groups is 1. The van der Waals surface area contributed by atoms with Crippen LogP contribution < -0.4 is 0 Å². The SMILES string of the molecule is O=C(Cc1ccc(F)cc1)N1CCOC(CO)(Cc2ccccc2)C1. The first kappa shape index (κ1) is 17.6. The molecular weight excluding hydrogens is 321 g/mol. The number of halogens is 1. The fraction of sp³-hybridized carbons (Fsp3) is 0.350. The summed E-state index contributed by atoms with van der Waals surface area (Å²) in [4.78, 5) is 14.3. The van der Waals surface area contributed by atoms with E-state index in [1.807, 2.05) is 30.3 Å². The Kier molecular flexibility index (Phi) is 5.46. The lowest BCUT2D eigenvalue weighted by atomic mass is 9.93. The molecule has 1 aliphatic rings. The summed E-state index contributed by atoms with van der Waals surface area (Å²) in [6.45, 7) is 1.08. The zero-order valence-electron chi connectivity index (χ0n) is 14.0. The van der Waals surface area contributed by atoms with Gasteiger partial charge < -0.3 is 14.7 Å². The molecular formula is C20H22FNO3. The van der Waals surface area contributed by atoms with Crippen LogP contribution in [-0.4, -0.2) is 47.8 Å². The van der Waals surface area contributed by atoms with Crippen molar-refractivity contribution < 1.29 is 19.0 Å². The molecule has 1 saturated heterocycles. The average molecular weight is 343 g/mol. The molecule has 0 aromatic heterocycles. The zero-order valence-corrected chi connectivity index (χ0v) is 14.0. The van der Waals surface area contributed by atoms with Gasteiger partial charge in [-0.3, -0.25) is 4.79 Å². The lowest BCUT2D eigenvalue weighted by Crippen LogP contribution is -2.57. The minimum Gasteiger partial charge on any atom is -0.393 e. The smallest absolute Gasteiger partial charge is 0.227 e. The second-order valence-electron chi connectivity index (χ2n) is 6.47. The monoisotopic (exact) mass is 343 g/mol. The van der Waals surface area contributed by atoms with Crippen LogP contribution in [0.5, 0.6) is 0 Å². The Morgan fingerprint density at radius 2 is 1.84 bits per heavy atom. The van der Waals surface area contributed by atoms with Crippen molar-refractivity contribution in [1.29, 1.82) is 0 Å². The van der Waals surface area contributed by atoms with E-state index >= 15 is 0 Å². The van der Waals surface area contributed by atoms with Gasteiger partial charge in [-0.05, 0) is 23.3 Å². The summed E-state index contributed by atoms with van der Waals surface area (Å²) < 4.78 is 18.9. The van der Waals surface area contributed by atoms with Gasteiger partial charge >= 0.3 is 0 Å². The summed E-state index contributed by atoms with van der Waals surface area (Å²) in [5, 5.41) is 9.92. The molecule has 25 heavy (non-hydrogen) atoms. The summed E-state index contributed by atoms with van der Waals surface area (Å²) in [5.74, 6) is -0.356. The number of nitrogens with zero attached hydrogens (tertiary/aromatic N) is 1. The number of aliphatic hydroxyl groups excluding tert-OH is 1. The van der Waals surface area contributed by atoms with E-state index in [-0.39, 0.29) is 24.8 Å². The summed E-state index contributed by atoms with van der Waals surface area (Å²) in [7, 11) is 0. The molecule has 132 valence electrons. The number of morpholine rings is 1. The molecule has 1 aliphatic heterocycles. The third-order valence-corrected chi connectivity index (χ3v) is 4.53. The van der Waals surface area contributed by atoms with Crippen molar-refractivity contribution in [1.82, 2.24) is 4.90 Å². The number of carbonyl (C=O) groups is 1. The molecule has 0 bridgehead atoms. The van der Waals surface area contributed by atoms with E-state index in [0.717, 1.165) is 11.1 Å². The Bertz CT molecular complexity index is 705. The molecule has 4 nitrogen and oxygen atoms in total. The second-order valence-corrected chi connectivity index (χ2v) is 6.47. The number of hydrogen-bond acceptors (Lipinski definition) is 3. The third kappa shape index (κ3) is 4.44. The van der Waals surface area contributed by atoms with Gasteiger partial charge in [0.25, 0.3) is 0 Å². The van der Waals surface area contributed by atoms with Crippen molar-refractivity contribution >= 4 is 5.91 Å². The molecule has 0 aliphatic carbocycles. The Morgan fingerprint density at radius 3 is 2.52 bits per heavy atom. The fourth-order valence-corrected chi connectivity index (χ4v) is 3.17. The van der Waals surface area contributed by atoms with Crippen LogP contribution in [0.3, 0.4) is 0 Å². The van der Waals surface area contributed by atoms with Crippen LogP contribution in [-0.2, 0) is 22.4 Å². The molecule has 0 spiro atoms. The highest BCUT2D eigenvalue weighted by atomic mass is 19.1. The fourth-order valence-electron chi connectivity index (χ4n) is 3.17. The maximum absolute atomic E-state index is 13.0. The highest BCUT2D eigenvalue weighted by Gasteiger charge is 2.38. The second kappa shape index (κ2) is 7.76. The van der Waals surface area contributed by atoms with Crippen LogP contribution in [0.1, 0.15) is 11.1 Å². The summed E-state index contributed by atoms with van der Waals surface area (Å²) in [6, 6.07) is 15.8. The number of amides is 1. The van der Waals surface area contributed by atoms with Gasteiger partial charge in [0.05, 0.1) is 26.2 Å². The Labute approximate surface area is 146 Å². The van der Waals surface area contributed by atoms with Crippen LogP contribution in [0.15, 0.2) is 54.6 Å². The van der Waals surface area contributed by atoms with Crippen LogP contribution in [0.2, 0.25) is 0 Å². The molecule has 0 radical (unpaired) electrons. The van der Waals surface area contributed by atoms with E-state index in [1.165, 1.54) is 12.1 Å². The first-order chi connectivity index (χ1) is 12.1. The standard InChI is InChI=1S/C20H22FNO3/c21-18-8-6-16(7-9-18)12-19(24)22-10-11-25-20(14-22,15-23)13-17-4-2-1-3-5-17/h1-9,23H,10-15H2. The zero-order chi connectivity index (χ0) is 17.7. The number of benzene rings is 2. The Morgan fingerprint density at radius 1 is 1.12 bits per heavy atom. The van der Waals surface area contributed by atoms with E-state index < -0.39 is 5.60 Å². The predicted octanol–water partition coefficient (Wildman–Crippen LogP) is 2.20. The largest absolute Gasteiger partial charge is 0.393 e. The topological polar surface area (TPSA) is 49.8 Å². The molecule has 2 aromatic carbocycles. The van der Waals surface area contributed by atoms with Gasteiger partial charge in [0, 0.05) is 13.0 Å². The lowest BCUT2D eigenvalue weighted by molar-refractivity contribution is -0.157. The van der Waals surface area contributed by atoms with Gasteiger partial charge in [-0.25, -0.2) is 4.39 Å². The molecule has 1 amide bonds. The van der Waals surface area contributed by atoms with Crippen molar-refractivity contribution in [2.24, 2.45) is 0 Å². The van der Waals surface area contributed by atoms with E-state index in [4.69, 9.17) is 4.74 Å². The summed E-state index contributed by atoms with van der Waals surface area (Å²) in [5.41, 5.74) is 1.05. The first-order valence-corrected chi connectivity index (χ1v) is 8.41. The maximum atomic E-state index is 13.0. The van der Waals surface area contributed by atoms with Gasteiger partial charge in [-0.1, -0.05) is 42.5 Å². The van der Waals surface area contributed by atoms with Crippen molar-refractivity contribution in [2.75, 3.05) is 26.3 Å². The normalized spacial score (nSPS) is 20.5. The van der Waals surface area contributed by atoms with Crippen LogP contribution in [0.4, 0.5) is 4.39 Å². The van der Waals surface area contributed by atoms with Gasteiger partial charge in [-0.15, -0.1) is 0 Å².